The first-order chi connectivity index (χ1) is 18.9. The Morgan fingerprint density at radius 2 is 1.80 bits per heavy atom. The fourth-order valence-corrected chi connectivity index (χ4v) is 4.61. The Morgan fingerprint density at radius 1 is 1.02 bits per heavy atom. The van der Waals surface area contributed by atoms with Crippen LogP contribution in [0.5, 0.6) is 5.75 Å². The molecule has 2 heterocycles. The normalized spacial score (nSPS) is 13.1. The highest BCUT2D eigenvalue weighted by Gasteiger charge is 2.18. The molecule has 0 saturated carbocycles. The molecule has 1 saturated heterocycles. The number of piperazine rings is 1. The smallest absolute Gasteiger partial charge is 0.276 e. The third-order valence-electron chi connectivity index (χ3n) is 6.57. The predicted molar refractivity (Wildman–Crippen MR) is 158 cm³/mol. The highest BCUT2D eigenvalue weighted by molar-refractivity contribution is 6.30. The van der Waals surface area contributed by atoms with Crippen molar-refractivity contribution in [2.45, 2.75) is 26.6 Å². The standard InChI is InChI=1S/C30H30ClN5O3.ClH/c1-21-15-27(30(38)33-26-10-7-22(8-11-26)18-35-14-13-32-17-29(35)37)34-36(21)19-24-16-25(31)9-12-28(24)39-20-23-5-3-2-4-6-23;/h2-12,15-16,32H,13-14,17-20H2,1H3,(H,33,38);1H. The van der Waals surface area contributed by atoms with E-state index in [-0.39, 0.29) is 24.2 Å². The molecule has 0 aliphatic carbocycles. The largest absolute Gasteiger partial charge is 0.489 e. The molecule has 208 valence electrons. The lowest BCUT2D eigenvalue weighted by atomic mass is 10.1. The average Bonchev–Trinajstić information content (AvgIpc) is 3.31. The Kier molecular flexibility index (Phi) is 9.82. The molecule has 0 atom stereocenters. The number of aromatic nitrogens is 2. The molecule has 10 heteroatoms. The number of carbonyl (C=O) groups excluding carboxylic acids is 2. The van der Waals surface area contributed by atoms with Crippen LogP contribution in [0.3, 0.4) is 0 Å². The second-order valence-electron chi connectivity index (χ2n) is 9.50. The summed E-state index contributed by atoms with van der Waals surface area (Å²) in [7, 11) is 0. The van der Waals surface area contributed by atoms with Crippen molar-refractivity contribution < 1.29 is 14.3 Å². The summed E-state index contributed by atoms with van der Waals surface area (Å²) >= 11 is 6.29. The first-order valence-electron chi connectivity index (χ1n) is 12.8. The van der Waals surface area contributed by atoms with Crippen LogP contribution in [0, 0.1) is 6.92 Å². The van der Waals surface area contributed by atoms with Gasteiger partial charge in [0.1, 0.15) is 12.4 Å². The minimum Gasteiger partial charge on any atom is -0.489 e. The number of hydrogen-bond acceptors (Lipinski definition) is 5. The Hall–Kier alpha value is -3.85. The summed E-state index contributed by atoms with van der Waals surface area (Å²) in [6, 6.07) is 24.7. The molecule has 2 N–H and O–H groups in total. The van der Waals surface area contributed by atoms with Gasteiger partial charge in [-0.3, -0.25) is 14.3 Å². The zero-order chi connectivity index (χ0) is 27.2. The molecule has 1 aliphatic heterocycles. The highest BCUT2D eigenvalue weighted by atomic mass is 35.5. The number of anilines is 1. The first kappa shape index (κ1) is 29.1. The van der Waals surface area contributed by atoms with Crippen molar-refractivity contribution in [2.24, 2.45) is 0 Å². The van der Waals surface area contributed by atoms with Crippen molar-refractivity contribution in [1.82, 2.24) is 20.0 Å². The number of ether oxygens (including phenoxy) is 1. The summed E-state index contributed by atoms with van der Waals surface area (Å²) in [4.78, 5) is 26.8. The molecule has 0 unspecified atom stereocenters. The van der Waals surface area contributed by atoms with Crippen molar-refractivity contribution in [3.05, 3.63) is 112 Å². The fourth-order valence-electron chi connectivity index (χ4n) is 4.41. The van der Waals surface area contributed by atoms with E-state index in [0.29, 0.717) is 54.9 Å². The zero-order valence-electron chi connectivity index (χ0n) is 22.1. The van der Waals surface area contributed by atoms with E-state index in [0.717, 1.165) is 28.9 Å². The number of benzene rings is 3. The second kappa shape index (κ2) is 13.5. The molecule has 1 aromatic heterocycles. The van der Waals surface area contributed by atoms with Crippen molar-refractivity contribution in [3.63, 3.8) is 0 Å². The average molecular weight is 581 g/mol. The van der Waals surface area contributed by atoms with Crippen LogP contribution in [0.1, 0.15) is 32.9 Å². The van der Waals surface area contributed by atoms with E-state index < -0.39 is 0 Å². The zero-order valence-corrected chi connectivity index (χ0v) is 23.7. The molecular weight excluding hydrogens is 549 g/mol. The molecule has 0 radical (unpaired) electrons. The van der Waals surface area contributed by atoms with E-state index in [4.69, 9.17) is 16.3 Å². The van der Waals surface area contributed by atoms with Crippen molar-refractivity contribution in [1.29, 1.82) is 0 Å². The number of hydrogen-bond donors (Lipinski definition) is 2. The van der Waals surface area contributed by atoms with E-state index in [1.807, 2.05) is 78.6 Å². The van der Waals surface area contributed by atoms with Crippen LogP contribution in [0.15, 0.2) is 78.9 Å². The third-order valence-corrected chi connectivity index (χ3v) is 6.80. The topological polar surface area (TPSA) is 88.5 Å². The van der Waals surface area contributed by atoms with Crippen molar-refractivity contribution in [2.75, 3.05) is 25.0 Å². The Morgan fingerprint density at radius 3 is 2.55 bits per heavy atom. The molecule has 5 rings (SSSR count). The second-order valence-corrected chi connectivity index (χ2v) is 9.93. The van der Waals surface area contributed by atoms with Gasteiger partial charge in [0.15, 0.2) is 5.69 Å². The van der Waals surface area contributed by atoms with Gasteiger partial charge in [0.25, 0.3) is 5.91 Å². The lowest BCUT2D eigenvalue weighted by Gasteiger charge is -2.27. The van der Waals surface area contributed by atoms with Crippen LogP contribution in [0.25, 0.3) is 0 Å². The number of aryl methyl sites for hydroxylation is 1. The summed E-state index contributed by atoms with van der Waals surface area (Å²) < 4.78 is 7.85. The lowest BCUT2D eigenvalue weighted by molar-refractivity contribution is -0.132. The van der Waals surface area contributed by atoms with Crippen LogP contribution >= 0.6 is 24.0 Å². The number of rotatable bonds is 9. The Bertz CT molecular complexity index is 1460. The van der Waals surface area contributed by atoms with Gasteiger partial charge in [0.05, 0.1) is 13.1 Å². The van der Waals surface area contributed by atoms with Crippen LogP contribution in [-0.2, 0) is 24.5 Å². The van der Waals surface area contributed by atoms with Gasteiger partial charge in [0, 0.05) is 41.6 Å². The minimum atomic E-state index is -0.298. The molecule has 0 spiro atoms. The molecule has 8 nitrogen and oxygen atoms in total. The van der Waals surface area contributed by atoms with Gasteiger partial charge in [-0.2, -0.15) is 5.10 Å². The third kappa shape index (κ3) is 7.41. The Balaban J connectivity index is 0.00000370. The maximum Gasteiger partial charge on any atom is 0.276 e. The summed E-state index contributed by atoms with van der Waals surface area (Å²) in [6.07, 6.45) is 0. The van der Waals surface area contributed by atoms with E-state index in [9.17, 15) is 9.59 Å². The van der Waals surface area contributed by atoms with Crippen LogP contribution in [0.2, 0.25) is 5.02 Å². The number of nitrogens with zero attached hydrogens (tertiary/aromatic N) is 3. The Labute approximate surface area is 244 Å². The van der Waals surface area contributed by atoms with Crippen LogP contribution < -0.4 is 15.4 Å². The monoisotopic (exact) mass is 579 g/mol. The summed E-state index contributed by atoms with van der Waals surface area (Å²) in [5, 5.41) is 11.1. The number of nitrogens with one attached hydrogen (secondary N) is 2. The minimum absolute atomic E-state index is 0. The summed E-state index contributed by atoms with van der Waals surface area (Å²) in [6.45, 7) is 5.17. The van der Waals surface area contributed by atoms with Crippen LogP contribution in [-0.4, -0.2) is 46.1 Å². The predicted octanol–water partition coefficient (Wildman–Crippen LogP) is 5.08. The molecule has 1 fully saturated rings. The van der Waals surface area contributed by atoms with Gasteiger partial charge in [-0.15, -0.1) is 12.4 Å². The van der Waals surface area contributed by atoms with Crippen LogP contribution in [0.4, 0.5) is 5.69 Å². The van der Waals surface area contributed by atoms with Gasteiger partial charge < -0.3 is 20.3 Å². The van der Waals surface area contributed by atoms with Crippen molar-refractivity contribution in [3.8, 4) is 5.75 Å². The molecule has 2 amide bonds. The number of carbonyl (C=O) groups is 2. The molecule has 3 aromatic carbocycles. The van der Waals surface area contributed by atoms with Gasteiger partial charge in [0.2, 0.25) is 5.91 Å². The lowest BCUT2D eigenvalue weighted by Crippen LogP contribution is -2.47. The van der Waals surface area contributed by atoms with Gasteiger partial charge in [-0.1, -0.05) is 54.1 Å². The van der Waals surface area contributed by atoms with E-state index in [1.165, 1.54) is 0 Å². The van der Waals surface area contributed by atoms with Gasteiger partial charge in [-0.25, -0.2) is 0 Å². The number of halogens is 2. The van der Waals surface area contributed by atoms with E-state index >= 15 is 0 Å². The summed E-state index contributed by atoms with van der Waals surface area (Å²) in [5.41, 5.74) is 4.76. The number of amides is 2. The highest BCUT2D eigenvalue weighted by Crippen LogP contribution is 2.25. The quantitative estimate of drug-likeness (QED) is 0.289. The molecule has 0 bridgehead atoms. The van der Waals surface area contributed by atoms with E-state index in [2.05, 4.69) is 15.7 Å². The molecule has 40 heavy (non-hydrogen) atoms. The maximum absolute atomic E-state index is 13.0. The van der Waals surface area contributed by atoms with Crippen molar-refractivity contribution >= 4 is 41.5 Å². The fraction of sp³-hybridized carbons (Fsp3) is 0.233. The van der Waals surface area contributed by atoms with Gasteiger partial charge in [-0.05, 0) is 54.4 Å². The van der Waals surface area contributed by atoms with E-state index in [1.54, 1.807) is 16.8 Å². The molecule has 4 aromatic rings. The molecular formula is C30H31Cl2N5O3. The summed E-state index contributed by atoms with van der Waals surface area (Å²) in [5.74, 6) is 0.512. The maximum atomic E-state index is 13.0. The first-order valence-corrected chi connectivity index (χ1v) is 13.2. The molecule has 1 aliphatic rings. The SMILES string of the molecule is Cc1cc(C(=O)Nc2ccc(CN3CCNCC3=O)cc2)nn1Cc1cc(Cl)ccc1OCc1ccccc1.Cl. The van der Waals surface area contributed by atoms with Gasteiger partial charge >= 0.3 is 0 Å².